The number of aromatic nitrogens is 1. The monoisotopic (exact) mass is 438 g/mol. The predicted octanol–water partition coefficient (Wildman–Crippen LogP) is 4.34. The van der Waals surface area contributed by atoms with E-state index >= 15 is 0 Å². The van der Waals surface area contributed by atoms with Crippen LogP contribution in [-0.2, 0) is 20.9 Å². The number of carbonyl (C=O) groups is 2. The molecule has 3 rings (SSSR count). The molecule has 1 heterocycles. The number of halogens is 1. The summed E-state index contributed by atoms with van der Waals surface area (Å²) in [6.45, 7) is 2.80. The highest BCUT2D eigenvalue weighted by Crippen LogP contribution is 2.24. The predicted molar refractivity (Wildman–Crippen MR) is 122 cm³/mol. The number of amides is 1. The molecule has 0 aliphatic heterocycles. The van der Waals surface area contributed by atoms with Gasteiger partial charge in [-0.25, -0.2) is 0 Å². The van der Waals surface area contributed by atoms with Gasteiger partial charge in [0.25, 0.3) is 5.91 Å². The fourth-order valence-corrected chi connectivity index (χ4v) is 3.41. The molecule has 1 aromatic heterocycles. The highest BCUT2D eigenvalue weighted by Gasteiger charge is 2.14. The number of hydrogen-bond donors (Lipinski definition) is 3. The summed E-state index contributed by atoms with van der Waals surface area (Å²) in [5.41, 5.74) is 2.67. The van der Waals surface area contributed by atoms with Crippen LogP contribution in [0.5, 0.6) is 0 Å². The molecule has 2 aromatic carbocycles. The van der Waals surface area contributed by atoms with Crippen LogP contribution in [0.4, 0.5) is 5.69 Å². The molecule has 7 nitrogen and oxygen atoms in total. The average Bonchev–Trinajstić information content (AvgIpc) is 3.15. The molecule has 0 radical (unpaired) electrons. The smallest absolute Gasteiger partial charge is 0.326 e. The van der Waals surface area contributed by atoms with Crippen molar-refractivity contribution in [3.63, 3.8) is 0 Å². The Kier molecular flexibility index (Phi) is 7.10. The fourth-order valence-electron chi connectivity index (χ4n) is 3.12. The molecule has 160 valence electrons. The Morgan fingerprint density at radius 3 is 2.52 bits per heavy atom. The van der Waals surface area contributed by atoms with E-state index in [2.05, 4.69) is 10.6 Å². The van der Waals surface area contributed by atoms with Crippen molar-refractivity contribution in [1.82, 2.24) is 9.88 Å². The SMILES string of the molecule is CC(=N)/C(NC(=O)COC(=O)Cn1ccc2cccc(Cl)c21)=C(/C)Nc1ccccc1. The van der Waals surface area contributed by atoms with Crippen LogP contribution >= 0.6 is 11.6 Å². The third kappa shape index (κ3) is 5.73. The van der Waals surface area contributed by atoms with E-state index in [9.17, 15) is 9.59 Å². The maximum absolute atomic E-state index is 12.3. The maximum Gasteiger partial charge on any atom is 0.326 e. The van der Waals surface area contributed by atoms with Gasteiger partial charge in [-0.2, -0.15) is 0 Å². The van der Waals surface area contributed by atoms with Crippen molar-refractivity contribution in [3.05, 3.63) is 77.2 Å². The highest BCUT2D eigenvalue weighted by atomic mass is 35.5. The van der Waals surface area contributed by atoms with E-state index in [1.807, 2.05) is 48.5 Å². The summed E-state index contributed by atoms with van der Waals surface area (Å²) in [4.78, 5) is 24.5. The van der Waals surface area contributed by atoms with Gasteiger partial charge in [-0.1, -0.05) is 41.9 Å². The van der Waals surface area contributed by atoms with Gasteiger partial charge in [0.1, 0.15) is 6.54 Å². The fraction of sp³-hybridized carbons (Fsp3) is 0.174. The minimum Gasteiger partial charge on any atom is -0.454 e. The third-order valence-corrected chi connectivity index (χ3v) is 4.83. The van der Waals surface area contributed by atoms with Gasteiger partial charge in [0, 0.05) is 23.0 Å². The minimum absolute atomic E-state index is 0.0681. The van der Waals surface area contributed by atoms with Gasteiger partial charge in [-0.05, 0) is 38.1 Å². The van der Waals surface area contributed by atoms with Crippen LogP contribution in [-0.4, -0.2) is 28.8 Å². The molecule has 0 bridgehead atoms. The number of nitrogens with zero attached hydrogens (tertiary/aromatic N) is 1. The zero-order chi connectivity index (χ0) is 22.4. The lowest BCUT2D eigenvalue weighted by Gasteiger charge is -2.15. The number of nitrogens with one attached hydrogen (secondary N) is 3. The third-order valence-electron chi connectivity index (χ3n) is 4.52. The van der Waals surface area contributed by atoms with Crippen molar-refractivity contribution >= 4 is 45.8 Å². The Balaban J connectivity index is 1.59. The van der Waals surface area contributed by atoms with Gasteiger partial charge >= 0.3 is 5.97 Å². The van der Waals surface area contributed by atoms with Crippen molar-refractivity contribution in [1.29, 1.82) is 5.41 Å². The van der Waals surface area contributed by atoms with Crippen LogP contribution in [0.1, 0.15) is 13.8 Å². The minimum atomic E-state index is -0.566. The first-order chi connectivity index (χ1) is 14.8. The zero-order valence-electron chi connectivity index (χ0n) is 17.2. The summed E-state index contributed by atoms with van der Waals surface area (Å²) in [7, 11) is 0. The van der Waals surface area contributed by atoms with Crippen molar-refractivity contribution in [2.24, 2.45) is 0 Å². The van der Waals surface area contributed by atoms with E-state index in [1.165, 1.54) is 0 Å². The number of hydrogen-bond acceptors (Lipinski definition) is 5. The van der Waals surface area contributed by atoms with Gasteiger partial charge in [0.2, 0.25) is 0 Å². The summed E-state index contributed by atoms with van der Waals surface area (Å²) < 4.78 is 6.80. The highest BCUT2D eigenvalue weighted by molar-refractivity contribution is 6.35. The number of esters is 1. The lowest BCUT2D eigenvalue weighted by molar-refractivity contribution is -0.148. The molecule has 0 spiro atoms. The van der Waals surface area contributed by atoms with Crippen LogP contribution in [0, 0.1) is 5.41 Å². The first-order valence-electron chi connectivity index (χ1n) is 9.62. The summed E-state index contributed by atoms with van der Waals surface area (Å²) in [5, 5.41) is 15.2. The second-order valence-corrected chi connectivity index (χ2v) is 7.35. The molecule has 0 saturated carbocycles. The average molecular weight is 439 g/mol. The molecule has 0 saturated heterocycles. The Morgan fingerprint density at radius 1 is 1.06 bits per heavy atom. The molecule has 0 aliphatic carbocycles. The van der Waals surface area contributed by atoms with Crippen LogP contribution in [0.25, 0.3) is 10.9 Å². The lowest BCUT2D eigenvalue weighted by atomic mass is 10.2. The standard InChI is InChI=1S/C23H23ClN4O3/c1-15(25)22(16(2)26-18-8-4-3-5-9-18)27-20(29)14-31-21(30)13-28-12-11-17-7-6-10-19(24)23(17)28/h3-12,25-26H,13-14H2,1-2H3,(H,27,29)/b22-16+,25-15?. The Morgan fingerprint density at radius 2 is 1.81 bits per heavy atom. The van der Waals surface area contributed by atoms with E-state index in [4.69, 9.17) is 21.7 Å². The molecule has 1 amide bonds. The molecule has 0 aliphatic rings. The molecule has 0 unspecified atom stereocenters. The number of rotatable bonds is 8. The summed E-state index contributed by atoms with van der Waals surface area (Å²) in [6, 6.07) is 16.7. The largest absolute Gasteiger partial charge is 0.454 e. The van der Waals surface area contributed by atoms with Gasteiger partial charge in [0.15, 0.2) is 6.61 Å². The van der Waals surface area contributed by atoms with Crippen LogP contribution < -0.4 is 10.6 Å². The van der Waals surface area contributed by atoms with Crippen molar-refractivity contribution in [3.8, 4) is 0 Å². The van der Waals surface area contributed by atoms with Gasteiger partial charge < -0.3 is 25.3 Å². The number of para-hydroxylation sites is 2. The Hall–Kier alpha value is -3.58. The first kappa shape index (κ1) is 22.1. The van der Waals surface area contributed by atoms with E-state index in [0.29, 0.717) is 16.4 Å². The molecule has 8 heteroatoms. The molecule has 31 heavy (non-hydrogen) atoms. The van der Waals surface area contributed by atoms with Crippen molar-refractivity contribution < 1.29 is 14.3 Å². The normalized spacial score (nSPS) is 11.6. The van der Waals surface area contributed by atoms with Gasteiger partial charge in [-0.15, -0.1) is 0 Å². The molecular weight excluding hydrogens is 416 g/mol. The summed E-state index contributed by atoms with van der Waals surface area (Å²) >= 11 is 6.22. The Labute approximate surface area is 185 Å². The first-order valence-corrected chi connectivity index (χ1v) is 10.00. The van der Waals surface area contributed by atoms with E-state index < -0.39 is 18.5 Å². The number of fused-ring (bicyclic) bond motifs is 1. The number of benzene rings is 2. The molecule has 0 fully saturated rings. The molecule has 3 aromatic rings. The second-order valence-electron chi connectivity index (χ2n) is 6.95. The van der Waals surface area contributed by atoms with Gasteiger partial charge in [0.05, 0.1) is 21.9 Å². The quantitative estimate of drug-likeness (QED) is 0.360. The van der Waals surface area contributed by atoms with Crippen LogP contribution in [0.2, 0.25) is 5.02 Å². The van der Waals surface area contributed by atoms with E-state index in [1.54, 1.807) is 30.7 Å². The number of anilines is 1. The van der Waals surface area contributed by atoms with Crippen molar-refractivity contribution in [2.75, 3.05) is 11.9 Å². The molecular formula is C23H23ClN4O3. The second kappa shape index (κ2) is 9.95. The summed E-state index contributed by atoms with van der Waals surface area (Å²) in [5.74, 6) is -1.09. The zero-order valence-corrected chi connectivity index (χ0v) is 18.0. The van der Waals surface area contributed by atoms with Crippen LogP contribution in [0.3, 0.4) is 0 Å². The van der Waals surface area contributed by atoms with E-state index in [-0.39, 0.29) is 12.3 Å². The molecule has 3 N–H and O–H groups in total. The Bertz CT molecular complexity index is 1150. The topological polar surface area (TPSA) is 96.2 Å². The summed E-state index contributed by atoms with van der Waals surface area (Å²) in [6.07, 6.45) is 1.75. The van der Waals surface area contributed by atoms with Gasteiger partial charge in [-0.3, -0.25) is 9.59 Å². The number of carbonyl (C=O) groups excluding carboxylic acids is 2. The maximum atomic E-state index is 12.3. The number of ether oxygens (including phenoxy) is 1. The molecule has 0 atom stereocenters. The van der Waals surface area contributed by atoms with Crippen LogP contribution in [0.15, 0.2) is 72.2 Å². The van der Waals surface area contributed by atoms with E-state index in [0.717, 1.165) is 16.6 Å². The number of allylic oxidation sites excluding steroid dienone is 2. The lowest BCUT2D eigenvalue weighted by Crippen LogP contribution is -2.32. The van der Waals surface area contributed by atoms with Crippen molar-refractivity contribution in [2.45, 2.75) is 20.4 Å².